The van der Waals surface area contributed by atoms with Gasteiger partial charge in [-0.25, -0.2) is 4.98 Å². The Morgan fingerprint density at radius 1 is 1.20 bits per heavy atom. The first-order valence-electron chi connectivity index (χ1n) is 6.53. The number of carbonyl (C=O) groups is 2. The number of para-hydroxylation sites is 2. The summed E-state index contributed by atoms with van der Waals surface area (Å²) in [5, 5.41) is 0. The second-order valence-corrected chi connectivity index (χ2v) is 5.25. The van der Waals surface area contributed by atoms with Crippen LogP contribution in [-0.2, 0) is 16.1 Å². The van der Waals surface area contributed by atoms with Crippen LogP contribution in [-0.4, -0.2) is 40.1 Å². The summed E-state index contributed by atoms with van der Waals surface area (Å²) in [5.74, 6) is 0.396. The van der Waals surface area contributed by atoms with Crippen molar-refractivity contribution in [2.75, 3.05) is 14.1 Å². The van der Waals surface area contributed by atoms with Crippen LogP contribution in [0, 0.1) is 0 Å². The van der Waals surface area contributed by atoms with Gasteiger partial charge >= 0.3 is 0 Å². The predicted molar refractivity (Wildman–Crippen MR) is 77.5 cm³/mol. The molecule has 0 bridgehead atoms. The van der Waals surface area contributed by atoms with E-state index in [1.807, 2.05) is 43.3 Å². The second kappa shape index (κ2) is 5.54. The maximum atomic E-state index is 11.9. The van der Waals surface area contributed by atoms with Crippen LogP contribution in [0.3, 0.4) is 0 Å². The van der Waals surface area contributed by atoms with Gasteiger partial charge in [-0.05, 0) is 40.1 Å². The van der Waals surface area contributed by atoms with Crippen LogP contribution in [0.4, 0.5) is 0 Å². The molecule has 0 aliphatic carbocycles. The minimum atomic E-state index is -0.794. The van der Waals surface area contributed by atoms with E-state index in [-0.39, 0.29) is 11.6 Å². The van der Waals surface area contributed by atoms with Gasteiger partial charge in [0.1, 0.15) is 5.82 Å². The van der Waals surface area contributed by atoms with Gasteiger partial charge in [0.2, 0.25) is 0 Å². The molecule has 0 atom stereocenters. The molecule has 0 saturated heterocycles. The zero-order valence-electron chi connectivity index (χ0n) is 12.3. The summed E-state index contributed by atoms with van der Waals surface area (Å²) in [6.45, 7) is 3.46. The van der Waals surface area contributed by atoms with Crippen molar-refractivity contribution in [3.63, 3.8) is 0 Å². The van der Waals surface area contributed by atoms with Crippen molar-refractivity contribution >= 4 is 22.6 Å². The highest BCUT2D eigenvalue weighted by Gasteiger charge is 2.26. The van der Waals surface area contributed by atoms with E-state index < -0.39 is 6.04 Å². The Hall–Kier alpha value is -2.01. The van der Waals surface area contributed by atoms with Crippen molar-refractivity contribution in [2.24, 2.45) is 0 Å². The van der Waals surface area contributed by atoms with Crippen molar-refractivity contribution in [2.45, 2.75) is 26.4 Å². The predicted octanol–water partition coefficient (Wildman–Crippen LogP) is 1.82. The fraction of sp³-hybridized carbons (Fsp3) is 0.400. The van der Waals surface area contributed by atoms with E-state index in [9.17, 15) is 9.59 Å². The molecule has 0 radical (unpaired) electrons. The molecule has 0 N–H and O–H groups in total. The van der Waals surface area contributed by atoms with Gasteiger partial charge < -0.3 is 9.47 Å². The monoisotopic (exact) mass is 273 g/mol. The first-order valence-corrected chi connectivity index (χ1v) is 6.53. The highest BCUT2D eigenvalue weighted by atomic mass is 16.2. The summed E-state index contributed by atoms with van der Waals surface area (Å²) in [6.07, 6.45) is 0. The highest BCUT2D eigenvalue weighted by Crippen LogP contribution is 2.23. The molecule has 5 nitrogen and oxygen atoms in total. The summed E-state index contributed by atoms with van der Waals surface area (Å²) < 4.78 is 1.76. The minimum Gasteiger partial charge on any atom is -0.309 e. The molecule has 1 aromatic carbocycles. The Labute approximate surface area is 118 Å². The van der Waals surface area contributed by atoms with Gasteiger partial charge in [-0.3, -0.25) is 9.59 Å². The molecule has 0 amide bonds. The fourth-order valence-corrected chi connectivity index (χ4v) is 2.43. The number of imidazole rings is 1. The van der Waals surface area contributed by atoms with Gasteiger partial charge in [0.05, 0.1) is 17.6 Å². The van der Waals surface area contributed by atoms with Crippen LogP contribution in [0.5, 0.6) is 0 Å². The first-order chi connectivity index (χ1) is 9.41. The van der Waals surface area contributed by atoms with Crippen LogP contribution in [0.2, 0.25) is 0 Å². The lowest BCUT2D eigenvalue weighted by Gasteiger charge is -2.18. The molecule has 0 aliphatic heterocycles. The second-order valence-electron chi connectivity index (χ2n) is 5.25. The van der Waals surface area contributed by atoms with Gasteiger partial charge in [0, 0.05) is 0 Å². The number of ketones is 2. The van der Waals surface area contributed by atoms with Crippen molar-refractivity contribution in [1.29, 1.82) is 0 Å². The lowest BCUT2D eigenvalue weighted by molar-refractivity contribution is -0.129. The summed E-state index contributed by atoms with van der Waals surface area (Å²) in [4.78, 5) is 30.3. The number of hydrogen-bond donors (Lipinski definition) is 0. The lowest BCUT2D eigenvalue weighted by Crippen LogP contribution is -2.27. The van der Waals surface area contributed by atoms with E-state index in [1.54, 1.807) is 4.57 Å². The molecular formula is C15H19N3O2. The van der Waals surface area contributed by atoms with Gasteiger partial charge in [-0.1, -0.05) is 12.1 Å². The molecule has 1 heterocycles. The van der Waals surface area contributed by atoms with Crippen LogP contribution in [0.15, 0.2) is 24.3 Å². The van der Waals surface area contributed by atoms with Crippen molar-refractivity contribution in [3.8, 4) is 0 Å². The highest BCUT2D eigenvalue weighted by molar-refractivity contribution is 6.03. The van der Waals surface area contributed by atoms with E-state index in [4.69, 9.17) is 0 Å². The maximum absolute atomic E-state index is 11.9. The van der Waals surface area contributed by atoms with E-state index in [0.29, 0.717) is 6.54 Å². The van der Waals surface area contributed by atoms with Gasteiger partial charge in [0.15, 0.2) is 17.6 Å². The maximum Gasteiger partial charge on any atom is 0.160 e. The van der Waals surface area contributed by atoms with Crippen LogP contribution >= 0.6 is 0 Å². The lowest BCUT2D eigenvalue weighted by atomic mass is 10.1. The smallest absolute Gasteiger partial charge is 0.160 e. The fourth-order valence-electron chi connectivity index (χ4n) is 2.43. The SMILES string of the molecule is CC(=O)C(C(C)=O)n1c(CN(C)C)nc2ccccc21. The Kier molecular flexibility index (Phi) is 3.99. The number of rotatable bonds is 5. The Balaban J connectivity index is 2.69. The topological polar surface area (TPSA) is 55.2 Å². The first kappa shape index (κ1) is 14.4. The molecule has 20 heavy (non-hydrogen) atoms. The number of Topliss-reactive ketones (excluding diaryl/α,β-unsaturated/α-hetero) is 2. The third kappa shape index (κ3) is 2.63. The zero-order valence-corrected chi connectivity index (χ0v) is 12.3. The zero-order chi connectivity index (χ0) is 14.9. The van der Waals surface area contributed by atoms with Gasteiger partial charge in [-0.15, -0.1) is 0 Å². The minimum absolute atomic E-state index is 0.166. The van der Waals surface area contributed by atoms with E-state index >= 15 is 0 Å². The average molecular weight is 273 g/mol. The van der Waals surface area contributed by atoms with Crippen LogP contribution in [0.1, 0.15) is 25.7 Å². The summed E-state index contributed by atoms with van der Waals surface area (Å²) >= 11 is 0. The molecule has 1 aromatic heterocycles. The number of nitrogens with zero attached hydrogens (tertiary/aromatic N) is 3. The summed E-state index contributed by atoms with van der Waals surface area (Å²) in [6, 6.07) is 6.77. The number of benzene rings is 1. The molecule has 0 spiro atoms. The molecule has 0 fully saturated rings. The van der Waals surface area contributed by atoms with Crippen molar-refractivity contribution in [3.05, 3.63) is 30.1 Å². The molecule has 0 saturated carbocycles. The Morgan fingerprint density at radius 2 is 1.80 bits per heavy atom. The van der Waals surface area contributed by atoms with E-state index in [0.717, 1.165) is 16.9 Å². The van der Waals surface area contributed by atoms with Gasteiger partial charge in [0.25, 0.3) is 0 Å². The Morgan fingerprint density at radius 3 is 2.35 bits per heavy atom. The van der Waals surface area contributed by atoms with Crippen LogP contribution < -0.4 is 0 Å². The average Bonchev–Trinajstić information content (AvgIpc) is 2.66. The largest absolute Gasteiger partial charge is 0.309 e. The standard InChI is InChI=1S/C15H19N3O2/c1-10(19)15(11(2)20)18-13-8-6-5-7-12(13)16-14(18)9-17(3)4/h5-8,15H,9H2,1-4H3. The number of aromatic nitrogens is 2. The molecule has 5 heteroatoms. The third-order valence-corrected chi connectivity index (χ3v) is 3.15. The van der Waals surface area contributed by atoms with Gasteiger partial charge in [-0.2, -0.15) is 0 Å². The molecule has 0 aliphatic rings. The van der Waals surface area contributed by atoms with Crippen LogP contribution in [0.25, 0.3) is 11.0 Å². The quantitative estimate of drug-likeness (QED) is 0.780. The molecule has 2 rings (SSSR count). The number of fused-ring (bicyclic) bond motifs is 1. The Bertz CT molecular complexity index is 644. The molecular weight excluding hydrogens is 254 g/mol. The third-order valence-electron chi connectivity index (χ3n) is 3.15. The normalized spacial score (nSPS) is 11.5. The molecule has 106 valence electrons. The number of carbonyl (C=O) groups excluding carboxylic acids is 2. The van der Waals surface area contributed by atoms with E-state index in [1.165, 1.54) is 13.8 Å². The summed E-state index contributed by atoms with van der Waals surface area (Å²) in [7, 11) is 3.86. The molecule has 2 aromatic rings. The number of hydrogen-bond acceptors (Lipinski definition) is 4. The van der Waals surface area contributed by atoms with Crippen molar-refractivity contribution < 1.29 is 9.59 Å². The van der Waals surface area contributed by atoms with Crippen molar-refractivity contribution in [1.82, 2.24) is 14.5 Å². The van der Waals surface area contributed by atoms with E-state index in [2.05, 4.69) is 4.98 Å². The summed E-state index contributed by atoms with van der Waals surface area (Å²) in [5.41, 5.74) is 1.62. The molecule has 0 unspecified atom stereocenters.